The largest absolute Gasteiger partial charge is 0.309 e. The third-order valence-electron chi connectivity index (χ3n) is 25.6. The number of para-hydroxylation sites is 8. The molecule has 0 atom stereocenters. The second kappa shape index (κ2) is 27.7. The van der Waals surface area contributed by atoms with E-state index in [0.717, 1.165) is 22.7 Å². The van der Waals surface area contributed by atoms with Crippen LogP contribution in [0.15, 0.2) is 449 Å². The van der Waals surface area contributed by atoms with Gasteiger partial charge in [-0.2, -0.15) is 0 Å². The highest BCUT2D eigenvalue weighted by molar-refractivity contribution is 6.17. The van der Waals surface area contributed by atoms with Crippen molar-refractivity contribution in [3.8, 4) is 78.6 Å². The van der Waals surface area contributed by atoms with E-state index in [-0.39, 0.29) is 0 Å². The molecule has 0 amide bonds. The number of hydrogen-bond donors (Lipinski definition) is 0. The Bertz CT molecular complexity index is 8210. The second-order valence-corrected chi connectivity index (χ2v) is 32.3. The van der Waals surface area contributed by atoms with E-state index in [0.29, 0.717) is 0 Å². The number of fused-ring (bicyclic) bond motifs is 20. The van der Waals surface area contributed by atoms with Crippen LogP contribution in [-0.4, -0.2) is 27.4 Å². The number of rotatable bonds is 10. The molecule has 6 aromatic heterocycles. The highest BCUT2D eigenvalue weighted by Crippen LogP contribution is 2.45. The molecule has 0 aliphatic carbocycles. The minimum absolute atomic E-state index is 1.16. The van der Waals surface area contributed by atoms with Crippen molar-refractivity contribution in [1.29, 1.82) is 0 Å². The summed E-state index contributed by atoms with van der Waals surface area (Å²) in [5.74, 6) is 0. The van der Waals surface area contributed by atoms with Crippen molar-refractivity contribution in [2.45, 2.75) is 0 Å². The summed E-state index contributed by atoms with van der Waals surface area (Å²) in [7, 11) is 0. The summed E-state index contributed by atoms with van der Waals surface area (Å²) in [6.45, 7) is 0. The molecule has 0 spiro atoms. The molecular weight excluding hydrogens is 1480 g/mol. The van der Waals surface area contributed by atoms with Gasteiger partial charge in [0.25, 0.3) is 0 Å². The van der Waals surface area contributed by atoms with Crippen molar-refractivity contribution in [3.05, 3.63) is 449 Å². The normalized spacial score (nSPS) is 11.9. The molecule has 26 rings (SSSR count). The molecule has 0 aliphatic heterocycles. The Labute approximate surface area is 702 Å². The topological polar surface area (TPSA) is 29.6 Å². The zero-order valence-corrected chi connectivity index (χ0v) is 66.4. The monoisotopic (exact) mass is 1550 g/mol. The van der Waals surface area contributed by atoms with Gasteiger partial charge in [0.15, 0.2) is 0 Å². The van der Waals surface area contributed by atoms with Crippen molar-refractivity contribution in [1.82, 2.24) is 27.4 Å². The summed E-state index contributed by atoms with van der Waals surface area (Å²) < 4.78 is 14.4. The summed E-state index contributed by atoms with van der Waals surface area (Å²) in [4.78, 5) is 0. The van der Waals surface area contributed by atoms with Crippen LogP contribution in [0, 0.1) is 0 Å². The Kier molecular flexibility index (Phi) is 15.6. The first-order chi connectivity index (χ1) is 60.5. The van der Waals surface area contributed by atoms with Gasteiger partial charge in [-0.1, -0.05) is 267 Å². The molecule has 6 nitrogen and oxygen atoms in total. The zero-order chi connectivity index (χ0) is 80.0. The fourth-order valence-electron chi connectivity index (χ4n) is 20.0. The predicted molar refractivity (Wildman–Crippen MR) is 516 cm³/mol. The van der Waals surface area contributed by atoms with Gasteiger partial charge in [0.1, 0.15) is 0 Å². The molecule has 20 aromatic carbocycles. The maximum absolute atomic E-state index is 2.44. The van der Waals surface area contributed by atoms with Crippen molar-refractivity contribution in [2.24, 2.45) is 0 Å². The number of aromatic nitrogens is 6. The van der Waals surface area contributed by atoms with E-state index in [1.54, 1.807) is 0 Å². The van der Waals surface area contributed by atoms with Gasteiger partial charge in [-0.25, -0.2) is 0 Å². The van der Waals surface area contributed by atoms with Gasteiger partial charge in [0, 0.05) is 98.8 Å². The van der Waals surface area contributed by atoms with Crippen LogP contribution in [0.5, 0.6) is 0 Å². The Hall–Kier alpha value is -16.3. The Morgan fingerprint density at radius 3 is 0.557 bits per heavy atom. The smallest absolute Gasteiger partial charge is 0.0541 e. The van der Waals surface area contributed by atoms with Crippen LogP contribution in [-0.2, 0) is 0 Å². The minimum atomic E-state index is 1.16. The van der Waals surface area contributed by atoms with Gasteiger partial charge in [0.05, 0.1) is 66.2 Å². The average Bonchev–Trinajstić information content (AvgIpc) is 1.55. The summed E-state index contributed by atoms with van der Waals surface area (Å²) in [5, 5.41) is 20.0. The van der Waals surface area contributed by atoms with Crippen molar-refractivity contribution in [3.63, 3.8) is 0 Å². The fourth-order valence-corrected chi connectivity index (χ4v) is 20.0. The molecule has 6 heteroatoms. The maximum Gasteiger partial charge on any atom is 0.0541 e. The number of benzene rings is 20. The molecule has 0 saturated carbocycles. The van der Waals surface area contributed by atoms with E-state index in [4.69, 9.17) is 0 Å². The average molecular weight is 1550 g/mol. The van der Waals surface area contributed by atoms with Gasteiger partial charge >= 0.3 is 0 Å². The quantitative estimate of drug-likeness (QED) is 0.131. The van der Waals surface area contributed by atoms with Gasteiger partial charge in [-0.05, 0) is 248 Å². The van der Waals surface area contributed by atoms with Crippen molar-refractivity contribution < 1.29 is 0 Å². The molecule has 0 unspecified atom stereocenters. The van der Waals surface area contributed by atoms with E-state index in [1.165, 1.54) is 208 Å². The van der Waals surface area contributed by atoms with Crippen molar-refractivity contribution in [2.75, 3.05) is 0 Å². The number of hydrogen-bond acceptors (Lipinski definition) is 0. The lowest BCUT2D eigenvalue weighted by Gasteiger charge is -2.11. The first-order valence-corrected chi connectivity index (χ1v) is 42.0. The van der Waals surface area contributed by atoms with Crippen LogP contribution in [0.1, 0.15) is 0 Å². The fraction of sp³-hybridized carbons (Fsp3) is 0. The van der Waals surface area contributed by atoms with Crippen LogP contribution < -0.4 is 0 Å². The van der Waals surface area contributed by atoms with E-state index in [2.05, 4.69) is 476 Å². The third-order valence-corrected chi connectivity index (χ3v) is 25.6. The van der Waals surface area contributed by atoms with Crippen LogP contribution in [0.3, 0.4) is 0 Å². The van der Waals surface area contributed by atoms with Gasteiger partial charge < -0.3 is 27.4 Å². The van der Waals surface area contributed by atoms with Crippen LogP contribution >= 0.6 is 0 Å². The standard InChI is InChI=1S/2C58H37N3/c1-3-15-44(16-4-1)59-53-21-11-9-19-47(53)49-34-40(24-29-55(49)59)42-26-31-57-51(36-42)52-37-43(27-32-58(52)61(57)46-28-23-38-13-7-8-14-39(38)33-46)41-25-30-56-50(35-41)48-20-10-12-22-54(48)60(56)45-17-5-2-6-18-45;1-2-12-41-35-46(32-25-38(41)11-1)61-57-33-26-42(39-21-28-44(29-22-39)59-53-17-7-3-13-47(53)48-14-4-8-18-54(48)59)36-51(57)52-37-43(27-34-58(52)61)40-23-30-45(31-24-40)60-55-19-9-5-15-49(55)50-16-6-10-20-56(50)60/h2*1-37H. The van der Waals surface area contributed by atoms with E-state index in [9.17, 15) is 0 Å². The molecule has 0 saturated heterocycles. The van der Waals surface area contributed by atoms with Crippen LogP contribution in [0.4, 0.5) is 0 Å². The van der Waals surface area contributed by atoms with E-state index < -0.39 is 0 Å². The molecule has 122 heavy (non-hydrogen) atoms. The molecule has 0 N–H and O–H groups in total. The lowest BCUT2D eigenvalue weighted by atomic mass is 9.98. The summed E-state index contributed by atoms with van der Waals surface area (Å²) in [5.41, 5.74) is 31.0. The summed E-state index contributed by atoms with van der Waals surface area (Å²) in [6.07, 6.45) is 0. The molecule has 0 aliphatic rings. The lowest BCUT2D eigenvalue weighted by molar-refractivity contribution is 1.18. The molecule has 568 valence electrons. The molecule has 26 aromatic rings. The van der Waals surface area contributed by atoms with Gasteiger partial charge in [0.2, 0.25) is 0 Å². The molecule has 0 radical (unpaired) electrons. The first kappa shape index (κ1) is 68.9. The molecular formula is C116H74N6. The second-order valence-electron chi connectivity index (χ2n) is 32.3. The lowest BCUT2D eigenvalue weighted by Crippen LogP contribution is -1.94. The summed E-state index contributed by atoms with van der Waals surface area (Å²) >= 11 is 0. The van der Waals surface area contributed by atoms with E-state index in [1.807, 2.05) is 0 Å². The Morgan fingerprint density at radius 2 is 0.279 bits per heavy atom. The predicted octanol–water partition coefficient (Wildman–Crippen LogP) is 30.9. The third kappa shape index (κ3) is 11.0. The summed E-state index contributed by atoms with van der Waals surface area (Å²) in [6, 6.07) is 165. The van der Waals surface area contributed by atoms with Crippen molar-refractivity contribution >= 4 is 152 Å². The maximum atomic E-state index is 2.44. The Morgan fingerprint density at radius 1 is 0.0984 bits per heavy atom. The van der Waals surface area contributed by atoms with Gasteiger partial charge in [-0.3, -0.25) is 0 Å². The Balaban J connectivity index is 0.000000134. The molecule has 0 fully saturated rings. The van der Waals surface area contributed by atoms with Crippen LogP contribution in [0.25, 0.3) is 231 Å². The van der Waals surface area contributed by atoms with E-state index >= 15 is 0 Å². The first-order valence-electron chi connectivity index (χ1n) is 42.0. The SMILES string of the molecule is c1ccc(-n2c3ccccc3c3cc(-c4ccc5c(c4)c4cc(-c6ccc7c(c6)c6ccccc6n7-c6ccccc6)ccc4n5-c4ccc5ccccc5c4)ccc32)cc1.c1ccc2cc(-n3c4ccc(-c5ccc(-n6c7ccccc7c7ccccc76)cc5)cc4c4cc(-c5ccc(-n6c7ccccc7c7ccccc76)cc5)ccc43)ccc2c1. The highest BCUT2D eigenvalue weighted by atomic mass is 15.0. The number of nitrogens with zero attached hydrogens (tertiary/aromatic N) is 6. The zero-order valence-electron chi connectivity index (χ0n) is 66.4. The molecule has 6 heterocycles. The highest BCUT2D eigenvalue weighted by Gasteiger charge is 2.23. The van der Waals surface area contributed by atoms with Gasteiger partial charge in [-0.15, -0.1) is 0 Å². The molecule has 0 bridgehead atoms. The van der Waals surface area contributed by atoms with Crippen LogP contribution in [0.2, 0.25) is 0 Å². The minimum Gasteiger partial charge on any atom is -0.309 e.